The van der Waals surface area contributed by atoms with Gasteiger partial charge in [0, 0.05) is 30.2 Å². The first kappa shape index (κ1) is 24.5. The second-order valence-electron chi connectivity index (χ2n) is 9.20. The molecule has 0 spiro atoms. The predicted molar refractivity (Wildman–Crippen MR) is 135 cm³/mol. The van der Waals surface area contributed by atoms with Gasteiger partial charge >= 0.3 is 5.97 Å². The molecule has 1 saturated carbocycles. The molecule has 36 heavy (non-hydrogen) atoms. The Morgan fingerprint density at radius 3 is 2.81 bits per heavy atom. The van der Waals surface area contributed by atoms with Crippen LogP contribution >= 0.6 is 11.6 Å². The van der Waals surface area contributed by atoms with Crippen molar-refractivity contribution in [3.8, 4) is 11.5 Å². The lowest BCUT2D eigenvalue weighted by atomic mass is 10.2. The zero-order valence-corrected chi connectivity index (χ0v) is 20.8. The number of nitrogens with one attached hydrogen (secondary N) is 1. The molecule has 1 aromatic heterocycles. The summed E-state index contributed by atoms with van der Waals surface area (Å²) >= 11 is 5.95. The maximum absolute atomic E-state index is 13.6. The van der Waals surface area contributed by atoms with E-state index < -0.39 is 5.82 Å². The molecule has 10 heteroatoms. The Morgan fingerprint density at radius 2 is 2.03 bits per heavy atom. The lowest BCUT2D eigenvalue weighted by Crippen LogP contribution is -2.45. The molecule has 8 nitrogen and oxygen atoms in total. The van der Waals surface area contributed by atoms with Crippen molar-refractivity contribution in [2.75, 3.05) is 31.6 Å². The Morgan fingerprint density at radius 1 is 1.19 bits per heavy atom. The molecule has 0 amide bonds. The largest absolute Gasteiger partial charge is 0.488 e. The first-order valence-corrected chi connectivity index (χ1v) is 12.5. The van der Waals surface area contributed by atoms with Crippen LogP contribution in [0.2, 0.25) is 5.02 Å². The summed E-state index contributed by atoms with van der Waals surface area (Å²) in [5.41, 5.74) is 1.28. The molecular formula is C26H28ClFN4O4. The molecule has 1 N–H and O–H groups in total. The number of cyclic esters (lactones) is 1. The quantitative estimate of drug-likeness (QED) is 0.415. The summed E-state index contributed by atoms with van der Waals surface area (Å²) in [6.45, 7) is 3.78. The number of carbonyl (C=O) groups excluding carboxylic acids is 1. The van der Waals surface area contributed by atoms with Gasteiger partial charge in [-0.15, -0.1) is 0 Å². The topological polar surface area (TPSA) is 85.8 Å². The molecule has 1 atom stereocenters. The third-order valence-electron chi connectivity index (χ3n) is 6.34. The first-order chi connectivity index (χ1) is 17.4. The van der Waals surface area contributed by atoms with Gasteiger partial charge < -0.3 is 19.5 Å². The van der Waals surface area contributed by atoms with Gasteiger partial charge in [-0.25, -0.2) is 14.4 Å². The monoisotopic (exact) mass is 514 g/mol. The number of ether oxygens (including phenoxy) is 3. The summed E-state index contributed by atoms with van der Waals surface area (Å²) < 4.78 is 31.3. The average Bonchev–Trinajstić information content (AvgIpc) is 3.35. The third kappa shape index (κ3) is 5.79. The van der Waals surface area contributed by atoms with Gasteiger partial charge in [-0.2, -0.15) is 0 Å². The summed E-state index contributed by atoms with van der Waals surface area (Å²) in [4.78, 5) is 22.6. The van der Waals surface area contributed by atoms with Crippen molar-refractivity contribution in [1.82, 2.24) is 14.9 Å². The van der Waals surface area contributed by atoms with E-state index in [9.17, 15) is 9.18 Å². The number of hydrogen-bond acceptors (Lipinski definition) is 8. The second kappa shape index (κ2) is 10.8. The minimum absolute atomic E-state index is 0.0238. The number of carbonyl (C=O) groups is 1. The molecule has 3 aromatic rings. The number of rotatable bonds is 8. The van der Waals surface area contributed by atoms with E-state index in [2.05, 4.69) is 15.3 Å². The van der Waals surface area contributed by atoms with Gasteiger partial charge in [-0.3, -0.25) is 9.69 Å². The lowest BCUT2D eigenvalue weighted by molar-refractivity contribution is -0.157. The number of benzene rings is 2. The number of esters is 1. The van der Waals surface area contributed by atoms with Gasteiger partial charge in [0.05, 0.1) is 23.2 Å². The highest BCUT2D eigenvalue weighted by Gasteiger charge is 2.24. The van der Waals surface area contributed by atoms with Crippen LogP contribution in [0.15, 0.2) is 36.7 Å². The smallest absolute Gasteiger partial charge is 0.320 e. The minimum Gasteiger partial charge on any atom is -0.488 e. The molecule has 2 fully saturated rings. The van der Waals surface area contributed by atoms with Crippen LogP contribution < -0.4 is 14.8 Å². The Hall–Kier alpha value is -3.17. The van der Waals surface area contributed by atoms with Crippen LogP contribution in [0.5, 0.6) is 11.5 Å². The zero-order chi connectivity index (χ0) is 25.1. The standard InChI is InChI=1S/C26H28ClFN4O4/c1-16-13-32(14-25(33)35-16)8-9-34-23-12-22-19(11-24(23)36-18-4-2-3-5-18)26(30-15-29-22)31-17-6-7-21(28)20(27)10-17/h6-7,10-12,15-16,18H,2-5,8-9,13-14H2,1H3,(H,29,30,31)/t16-/m1/s1. The fourth-order valence-corrected chi connectivity index (χ4v) is 4.81. The summed E-state index contributed by atoms with van der Waals surface area (Å²) in [7, 11) is 0. The van der Waals surface area contributed by atoms with Crippen LogP contribution in [-0.4, -0.2) is 59.3 Å². The molecule has 0 bridgehead atoms. The molecule has 2 heterocycles. The summed E-state index contributed by atoms with van der Waals surface area (Å²) in [5.74, 6) is 1.06. The molecule has 0 unspecified atom stereocenters. The van der Waals surface area contributed by atoms with Crippen molar-refractivity contribution in [2.45, 2.75) is 44.8 Å². The fourth-order valence-electron chi connectivity index (χ4n) is 4.63. The second-order valence-corrected chi connectivity index (χ2v) is 9.61. The van der Waals surface area contributed by atoms with Gasteiger partial charge in [0.25, 0.3) is 0 Å². The summed E-state index contributed by atoms with van der Waals surface area (Å²) in [6.07, 6.45) is 5.72. The van der Waals surface area contributed by atoms with Crippen LogP contribution in [0.25, 0.3) is 10.9 Å². The van der Waals surface area contributed by atoms with Crippen LogP contribution in [0, 0.1) is 5.82 Å². The molecular weight excluding hydrogens is 487 g/mol. The Kier molecular flexibility index (Phi) is 7.38. The number of nitrogens with zero attached hydrogens (tertiary/aromatic N) is 3. The normalized spacial score (nSPS) is 18.9. The van der Waals surface area contributed by atoms with E-state index >= 15 is 0 Å². The van der Waals surface area contributed by atoms with Gasteiger partial charge in [0.2, 0.25) is 0 Å². The molecule has 190 valence electrons. The predicted octanol–water partition coefficient (Wildman–Crippen LogP) is 5.11. The first-order valence-electron chi connectivity index (χ1n) is 12.2. The van der Waals surface area contributed by atoms with Crippen molar-refractivity contribution in [3.05, 3.63) is 47.5 Å². The van der Waals surface area contributed by atoms with E-state index in [0.717, 1.165) is 31.1 Å². The molecule has 1 saturated heterocycles. The SMILES string of the molecule is C[C@@H]1CN(CCOc2cc3ncnc(Nc4ccc(F)c(Cl)c4)c3cc2OC2CCCC2)CC(=O)O1. The van der Waals surface area contributed by atoms with E-state index in [1.54, 1.807) is 6.07 Å². The highest BCUT2D eigenvalue weighted by Crippen LogP contribution is 2.37. The number of hydrogen-bond donors (Lipinski definition) is 1. The molecule has 1 aliphatic heterocycles. The molecule has 5 rings (SSSR count). The Labute approximate surface area is 213 Å². The molecule has 0 radical (unpaired) electrons. The van der Waals surface area contributed by atoms with Crippen LogP contribution in [-0.2, 0) is 9.53 Å². The number of aromatic nitrogens is 2. The Bertz CT molecular complexity index is 1250. The van der Waals surface area contributed by atoms with Crippen LogP contribution in [0.1, 0.15) is 32.6 Å². The van der Waals surface area contributed by atoms with E-state index in [1.807, 2.05) is 24.0 Å². The third-order valence-corrected chi connectivity index (χ3v) is 6.63. The van der Waals surface area contributed by atoms with E-state index in [4.69, 9.17) is 25.8 Å². The van der Waals surface area contributed by atoms with Crippen molar-refractivity contribution >= 4 is 40.0 Å². The van der Waals surface area contributed by atoms with E-state index in [0.29, 0.717) is 48.2 Å². The van der Waals surface area contributed by atoms with Crippen molar-refractivity contribution in [2.24, 2.45) is 0 Å². The van der Waals surface area contributed by atoms with Gasteiger partial charge in [-0.1, -0.05) is 11.6 Å². The lowest BCUT2D eigenvalue weighted by Gasteiger charge is -2.30. The average molecular weight is 515 g/mol. The molecule has 2 aromatic carbocycles. The highest BCUT2D eigenvalue weighted by molar-refractivity contribution is 6.31. The van der Waals surface area contributed by atoms with Gasteiger partial charge in [0.1, 0.15) is 30.7 Å². The number of anilines is 2. The summed E-state index contributed by atoms with van der Waals surface area (Å²) in [6, 6.07) is 8.14. The van der Waals surface area contributed by atoms with Crippen LogP contribution in [0.3, 0.4) is 0 Å². The Balaban J connectivity index is 1.39. The molecule has 2 aliphatic rings. The zero-order valence-electron chi connectivity index (χ0n) is 20.0. The number of fused-ring (bicyclic) bond motifs is 1. The van der Waals surface area contributed by atoms with Gasteiger partial charge in [0.15, 0.2) is 11.5 Å². The number of morpholine rings is 1. The highest BCUT2D eigenvalue weighted by atomic mass is 35.5. The van der Waals surface area contributed by atoms with Crippen LogP contribution in [0.4, 0.5) is 15.9 Å². The van der Waals surface area contributed by atoms with Crippen molar-refractivity contribution in [3.63, 3.8) is 0 Å². The fraction of sp³-hybridized carbons (Fsp3) is 0.423. The van der Waals surface area contributed by atoms with Crippen molar-refractivity contribution < 1.29 is 23.4 Å². The maximum Gasteiger partial charge on any atom is 0.320 e. The number of halogens is 2. The van der Waals surface area contributed by atoms with Gasteiger partial charge in [-0.05, 0) is 56.9 Å². The van der Waals surface area contributed by atoms with Crippen molar-refractivity contribution in [1.29, 1.82) is 0 Å². The minimum atomic E-state index is -0.486. The maximum atomic E-state index is 13.6. The molecule has 1 aliphatic carbocycles. The summed E-state index contributed by atoms with van der Waals surface area (Å²) in [5, 5.41) is 3.97. The van der Waals surface area contributed by atoms with E-state index in [1.165, 1.54) is 18.5 Å². The van der Waals surface area contributed by atoms with E-state index in [-0.39, 0.29) is 29.7 Å².